The van der Waals surface area contributed by atoms with Crippen LogP contribution in [0.5, 0.6) is 0 Å². The highest BCUT2D eigenvalue weighted by molar-refractivity contribution is 7.91. The molecule has 0 spiro atoms. The quantitative estimate of drug-likeness (QED) is 0.841. The van der Waals surface area contributed by atoms with Crippen LogP contribution in [0.3, 0.4) is 0 Å². The molecular weight excluding hydrogens is 391 g/mol. The smallest absolute Gasteiger partial charge is 0.366 e. The van der Waals surface area contributed by atoms with Crippen molar-refractivity contribution >= 4 is 33.3 Å². The third-order valence-electron chi connectivity index (χ3n) is 4.14. The van der Waals surface area contributed by atoms with Crippen LogP contribution in [0.1, 0.15) is 12.6 Å². The highest BCUT2D eigenvalue weighted by Gasteiger charge is 2.36. The number of fused-ring (bicyclic) bond motifs is 1. The number of halogens is 4. The number of benzene rings is 1. The Balaban J connectivity index is 2.23. The van der Waals surface area contributed by atoms with Crippen molar-refractivity contribution in [3.63, 3.8) is 0 Å². The topological polar surface area (TPSA) is 64.0 Å². The van der Waals surface area contributed by atoms with Gasteiger partial charge in [0.1, 0.15) is 17.3 Å². The molecule has 0 aliphatic carbocycles. The average Bonchev–Trinajstić information content (AvgIpc) is 2.90. The molecule has 0 saturated heterocycles. The summed E-state index contributed by atoms with van der Waals surface area (Å²) in [7, 11) is -2.06. The van der Waals surface area contributed by atoms with Crippen molar-refractivity contribution in [2.45, 2.75) is 18.0 Å². The van der Waals surface area contributed by atoms with Gasteiger partial charge in [0.05, 0.1) is 21.2 Å². The summed E-state index contributed by atoms with van der Waals surface area (Å²) in [4.78, 5) is 4.16. The van der Waals surface area contributed by atoms with Crippen LogP contribution in [0.25, 0.3) is 17.5 Å². The number of imidazole rings is 1. The molecule has 10 heteroatoms. The number of hydrogen-bond donors (Lipinski definition) is 1. The summed E-state index contributed by atoms with van der Waals surface area (Å²) in [6.07, 6.45) is -3.50. The fourth-order valence-corrected chi connectivity index (χ4v) is 4.47. The molecule has 0 radical (unpaired) electrons. The van der Waals surface area contributed by atoms with E-state index in [0.717, 1.165) is 6.08 Å². The standard InChI is InChI=1S/C16H15ClF3N3O2S/c1-3-26(24,25)13-10(5-4-6-11(13)17)14-22-12-7-9(16(18,19)20)8-21-15(12)23(14)2/h4-7,21H,3,8H2,1-2H3. The zero-order valence-corrected chi connectivity index (χ0v) is 15.4. The lowest BCUT2D eigenvalue weighted by Crippen LogP contribution is -2.23. The van der Waals surface area contributed by atoms with E-state index in [9.17, 15) is 21.6 Å². The summed E-state index contributed by atoms with van der Waals surface area (Å²) in [5, 5.41) is 2.74. The van der Waals surface area contributed by atoms with Gasteiger partial charge in [0.15, 0.2) is 9.84 Å². The summed E-state index contributed by atoms with van der Waals surface area (Å²) < 4.78 is 65.3. The van der Waals surface area contributed by atoms with Crippen LogP contribution in [-0.2, 0) is 16.9 Å². The van der Waals surface area contributed by atoms with E-state index in [1.54, 1.807) is 13.1 Å². The van der Waals surface area contributed by atoms with Crippen molar-refractivity contribution in [3.8, 4) is 11.4 Å². The highest BCUT2D eigenvalue weighted by Crippen LogP contribution is 2.38. The van der Waals surface area contributed by atoms with Crippen LogP contribution in [0.2, 0.25) is 5.02 Å². The van der Waals surface area contributed by atoms with Gasteiger partial charge in [0.25, 0.3) is 0 Å². The molecule has 0 fully saturated rings. The number of anilines is 1. The van der Waals surface area contributed by atoms with Gasteiger partial charge in [0.2, 0.25) is 0 Å². The molecule has 0 atom stereocenters. The largest absolute Gasteiger partial charge is 0.414 e. The lowest BCUT2D eigenvalue weighted by molar-refractivity contribution is -0.0909. The Kier molecular flexibility index (Phi) is 4.56. The van der Waals surface area contributed by atoms with E-state index < -0.39 is 21.6 Å². The monoisotopic (exact) mass is 405 g/mol. The second-order valence-corrected chi connectivity index (χ2v) is 8.39. The van der Waals surface area contributed by atoms with Gasteiger partial charge in [-0.2, -0.15) is 13.2 Å². The lowest BCUT2D eigenvalue weighted by atomic mass is 10.1. The molecule has 0 unspecified atom stereocenters. The summed E-state index contributed by atoms with van der Waals surface area (Å²) in [5.74, 6) is 0.439. The minimum absolute atomic E-state index is 0.0461. The summed E-state index contributed by atoms with van der Waals surface area (Å²) in [6.45, 7) is 1.11. The molecule has 1 aliphatic rings. The molecule has 0 saturated carbocycles. The Morgan fingerprint density at radius 3 is 2.65 bits per heavy atom. The number of hydrogen-bond acceptors (Lipinski definition) is 4. The molecule has 0 bridgehead atoms. The maximum Gasteiger partial charge on any atom is 0.414 e. The van der Waals surface area contributed by atoms with Gasteiger partial charge in [-0.1, -0.05) is 24.6 Å². The first kappa shape index (κ1) is 18.8. The van der Waals surface area contributed by atoms with Gasteiger partial charge in [-0.15, -0.1) is 0 Å². The second kappa shape index (κ2) is 6.31. The van der Waals surface area contributed by atoms with Crippen molar-refractivity contribution in [2.75, 3.05) is 17.6 Å². The van der Waals surface area contributed by atoms with Crippen LogP contribution in [-0.4, -0.2) is 36.4 Å². The Morgan fingerprint density at radius 2 is 2.04 bits per heavy atom. The van der Waals surface area contributed by atoms with Crippen molar-refractivity contribution in [1.29, 1.82) is 0 Å². The van der Waals surface area contributed by atoms with Gasteiger partial charge in [-0.05, 0) is 18.2 Å². The Bertz CT molecular complexity index is 1010. The molecule has 1 aromatic carbocycles. The van der Waals surface area contributed by atoms with E-state index in [4.69, 9.17) is 11.6 Å². The molecule has 2 heterocycles. The molecule has 1 aliphatic heterocycles. The first-order valence-electron chi connectivity index (χ1n) is 7.66. The average molecular weight is 406 g/mol. The second-order valence-electron chi connectivity index (χ2n) is 5.77. The molecule has 5 nitrogen and oxygen atoms in total. The molecule has 1 N–H and O–H groups in total. The van der Waals surface area contributed by atoms with Gasteiger partial charge in [0, 0.05) is 19.2 Å². The van der Waals surface area contributed by atoms with Gasteiger partial charge in [-0.25, -0.2) is 13.4 Å². The van der Waals surface area contributed by atoms with Gasteiger partial charge < -0.3 is 9.88 Å². The maximum absolute atomic E-state index is 12.9. The zero-order chi connectivity index (χ0) is 19.3. The van der Waals surface area contributed by atoms with Crippen molar-refractivity contribution in [1.82, 2.24) is 9.55 Å². The number of nitrogens with one attached hydrogen (secondary N) is 1. The molecule has 140 valence electrons. The van der Waals surface area contributed by atoms with Crippen LogP contribution >= 0.6 is 11.6 Å². The van der Waals surface area contributed by atoms with E-state index >= 15 is 0 Å². The van der Waals surface area contributed by atoms with Crippen LogP contribution in [0.15, 0.2) is 28.7 Å². The normalized spacial score (nSPS) is 14.6. The summed E-state index contributed by atoms with van der Waals surface area (Å²) in [5.41, 5.74) is -0.400. The maximum atomic E-state index is 12.9. The molecule has 0 amide bonds. The third-order valence-corrected chi connectivity index (χ3v) is 6.39. The lowest BCUT2D eigenvalue weighted by Gasteiger charge is -2.18. The van der Waals surface area contributed by atoms with Crippen molar-refractivity contribution < 1.29 is 21.6 Å². The predicted octanol–water partition coefficient (Wildman–Crippen LogP) is 3.91. The number of sulfone groups is 1. The van der Waals surface area contributed by atoms with E-state index in [-0.39, 0.29) is 39.3 Å². The summed E-state index contributed by atoms with van der Waals surface area (Å²) in [6, 6.07) is 4.57. The number of alkyl halides is 3. The van der Waals surface area contributed by atoms with Crippen molar-refractivity contribution in [2.24, 2.45) is 7.05 Å². The molecular formula is C16H15ClF3N3O2S. The third kappa shape index (κ3) is 3.09. The first-order chi connectivity index (χ1) is 12.1. The number of rotatable bonds is 3. The van der Waals surface area contributed by atoms with Crippen LogP contribution in [0.4, 0.5) is 19.0 Å². The molecule has 1 aromatic heterocycles. The SMILES string of the molecule is CCS(=O)(=O)c1c(Cl)cccc1-c1nc2c(n1C)NCC(C(F)(F)F)=C2. The minimum Gasteiger partial charge on any atom is -0.366 e. The molecule has 2 aromatic rings. The van der Waals surface area contributed by atoms with Crippen LogP contribution in [0, 0.1) is 0 Å². The predicted molar refractivity (Wildman–Crippen MR) is 93.9 cm³/mol. The minimum atomic E-state index is -4.46. The van der Waals surface area contributed by atoms with Gasteiger partial charge in [-0.3, -0.25) is 0 Å². The van der Waals surface area contributed by atoms with E-state index in [0.29, 0.717) is 5.82 Å². The fraction of sp³-hybridized carbons (Fsp3) is 0.312. The van der Waals surface area contributed by atoms with Crippen LogP contribution < -0.4 is 5.32 Å². The first-order valence-corrected chi connectivity index (χ1v) is 9.69. The van der Waals surface area contributed by atoms with Gasteiger partial charge >= 0.3 is 6.18 Å². The Hall–Kier alpha value is -2.00. The van der Waals surface area contributed by atoms with Crippen molar-refractivity contribution in [3.05, 3.63) is 34.5 Å². The zero-order valence-electron chi connectivity index (χ0n) is 13.9. The molecule has 3 rings (SSSR count). The highest BCUT2D eigenvalue weighted by atomic mass is 35.5. The Morgan fingerprint density at radius 1 is 1.35 bits per heavy atom. The molecule has 26 heavy (non-hydrogen) atoms. The fourth-order valence-electron chi connectivity index (χ4n) is 2.79. The number of nitrogens with zero attached hydrogens (tertiary/aromatic N) is 2. The number of aromatic nitrogens is 2. The summed E-state index contributed by atoms with van der Waals surface area (Å²) >= 11 is 6.11. The Labute approximate surface area is 153 Å². The van der Waals surface area contributed by atoms with E-state index in [1.807, 2.05) is 0 Å². The van der Waals surface area contributed by atoms with E-state index in [1.165, 1.54) is 23.6 Å². The van der Waals surface area contributed by atoms with E-state index in [2.05, 4.69) is 10.3 Å².